The van der Waals surface area contributed by atoms with E-state index in [1.807, 2.05) is 77.4 Å². The highest BCUT2D eigenvalue weighted by Gasteiger charge is 2.28. The number of nitrogens with one attached hydrogen (secondary N) is 5. The lowest BCUT2D eigenvalue weighted by Crippen LogP contribution is -2.30. The number of hydrogen-bond acceptors (Lipinski definition) is 9. The van der Waals surface area contributed by atoms with Gasteiger partial charge in [-0.2, -0.15) is 0 Å². The Bertz CT molecular complexity index is 3670. The molecule has 0 saturated carbocycles. The number of H-pyrrole nitrogens is 2. The lowest BCUT2D eigenvalue weighted by Gasteiger charge is -2.16. The highest BCUT2D eigenvalue weighted by molar-refractivity contribution is 6.07. The fourth-order valence-corrected chi connectivity index (χ4v) is 11.1. The van der Waals surface area contributed by atoms with Crippen LogP contribution in [0.2, 0.25) is 0 Å². The minimum Gasteiger partial charge on any atom is -0.444 e. The van der Waals surface area contributed by atoms with Crippen LogP contribution in [0.1, 0.15) is 130 Å². The van der Waals surface area contributed by atoms with Gasteiger partial charge in [-0.05, 0) is 134 Å². The molecule has 7 N–H and O–H groups in total. The van der Waals surface area contributed by atoms with Gasteiger partial charge in [0.15, 0.2) is 5.82 Å². The zero-order chi connectivity index (χ0) is 52.5. The fourth-order valence-electron chi connectivity index (χ4n) is 11.1. The first-order valence-electron chi connectivity index (χ1n) is 26.2. The Kier molecular flexibility index (Phi) is 14.2. The molecular weight excluding hydrogens is 935 g/mol. The van der Waals surface area contributed by atoms with E-state index in [-0.39, 0.29) is 18.9 Å². The number of anilines is 2. The summed E-state index contributed by atoms with van der Waals surface area (Å²) in [6.07, 6.45) is 6.22. The summed E-state index contributed by atoms with van der Waals surface area (Å²) >= 11 is 0. The van der Waals surface area contributed by atoms with E-state index >= 15 is 0 Å². The number of fused-ring (bicyclic) bond motifs is 9. The molecule has 8 bridgehead atoms. The summed E-state index contributed by atoms with van der Waals surface area (Å²) in [5.74, 6) is 0.608. The normalized spacial score (nSPS) is 14.0. The molecule has 4 aromatic heterocycles. The van der Waals surface area contributed by atoms with Crippen LogP contribution in [0.25, 0.3) is 66.6 Å². The van der Waals surface area contributed by atoms with Crippen LogP contribution in [0, 0.1) is 13.8 Å². The van der Waals surface area contributed by atoms with E-state index in [0.717, 1.165) is 143 Å². The van der Waals surface area contributed by atoms with Gasteiger partial charge < -0.3 is 35.6 Å². The number of hydrogen-bond donors (Lipinski definition) is 6. The Labute approximate surface area is 437 Å². The Morgan fingerprint density at radius 1 is 0.693 bits per heavy atom. The van der Waals surface area contributed by atoms with Gasteiger partial charge in [-0.15, -0.1) is 0 Å². The second-order valence-corrected chi connectivity index (χ2v) is 19.4. The molecular formula is C61H65N11O3. The Hall–Kier alpha value is -8.36. The van der Waals surface area contributed by atoms with Gasteiger partial charge in [0.05, 0.1) is 52.2 Å². The van der Waals surface area contributed by atoms with Crippen molar-refractivity contribution >= 4 is 79.9 Å². The van der Waals surface area contributed by atoms with Crippen LogP contribution in [-0.2, 0) is 35.5 Å². The minimum atomic E-state index is -0.548. The van der Waals surface area contributed by atoms with Gasteiger partial charge in [-0.3, -0.25) is 10.1 Å². The molecule has 0 radical (unpaired) electrons. The summed E-state index contributed by atoms with van der Waals surface area (Å²) in [7, 11) is 0. The van der Waals surface area contributed by atoms with Crippen molar-refractivity contribution in [1.82, 2.24) is 34.8 Å². The summed E-state index contributed by atoms with van der Waals surface area (Å²) in [4.78, 5) is 55.7. The van der Waals surface area contributed by atoms with E-state index in [0.29, 0.717) is 35.9 Å². The summed E-state index contributed by atoms with van der Waals surface area (Å²) < 4.78 is 7.71. The molecule has 7 heterocycles. The molecule has 1 atom stereocenters. The Morgan fingerprint density at radius 2 is 1.23 bits per heavy atom. The van der Waals surface area contributed by atoms with Crippen molar-refractivity contribution in [3.63, 3.8) is 0 Å². The molecule has 14 heteroatoms. The van der Waals surface area contributed by atoms with Gasteiger partial charge in [-0.25, -0.2) is 24.7 Å². The maximum Gasteiger partial charge on any atom is 0.411 e. The maximum absolute atomic E-state index is 14.0. The predicted molar refractivity (Wildman–Crippen MR) is 304 cm³/mol. The number of allylic oxidation sites excluding steroid dienone is 4. The SMILES string of the molecule is CCC1=C(C)c2nc1cc1[nH]c(c(C)c1CC)c(-c1ccccc1NC(=O)OCc1ccccc1)c1nc(cc3[nH]c(c(C)c3CC)c2-c2ccccc2NC(=O)CCCn2cnc3c2N=CNC3N)C(CC)=C1C. The van der Waals surface area contributed by atoms with Gasteiger partial charge >= 0.3 is 6.09 Å². The predicted octanol–water partition coefficient (Wildman–Crippen LogP) is 13.7. The maximum atomic E-state index is 14.0. The van der Waals surface area contributed by atoms with E-state index in [9.17, 15) is 9.59 Å². The van der Waals surface area contributed by atoms with Crippen molar-refractivity contribution in [3.05, 3.63) is 154 Å². The first-order chi connectivity index (χ1) is 36.4. The molecule has 0 aliphatic carbocycles. The van der Waals surface area contributed by atoms with Crippen LogP contribution in [0.5, 0.6) is 0 Å². The number of imidazole rings is 1. The van der Waals surface area contributed by atoms with E-state index in [1.165, 1.54) is 0 Å². The van der Waals surface area contributed by atoms with Crippen LogP contribution in [0.15, 0.2) is 102 Å². The van der Waals surface area contributed by atoms with E-state index in [1.54, 1.807) is 12.7 Å². The van der Waals surface area contributed by atoms with Gasteiger partial charge in [0.25, 0.3) is 0 Å². The molecule has 0 spiro atoms. The smallest absolute Gasteiger partial charge is 0.411 e. The number of ether oxygens (including phenoxy) is 1. The lowest BCUT2D eigenvalue weighted by molar-refractivity contribution is -0.116. The van der Waals surface area contributed by atoms with E-state index in [2.05, 4.69) is 109 Å². The van der Waals surface area contributed by atoms with Crippen LogP contribution in [-0.4, -0.2) is 47.8 Å². The average molecular weight is 1000 g/mol. The number of benzene rings is 3. The monoisotopic (exact) mass is 1000 g/mol. The average Bonchev–Trinajstić information content (AvgIpc) is 4.22. The molecule has 10 rings (SSSR count). The molecule has 0 fully saturated rings. The van der Waals surface area contributed by atoms with Gasteiger partial charge in [0.2, 0.25) is 5.91 Å². The number of amides is 2. The minimum absolute atomic E-state index is 0.0998. The molecule has 7 aromatic rings. The van der Waals surface area contributed by atoms with Gasteiger partial charge in [-0.1, -0.05) is 94.4 Å². The number of carbonyl (C=O) groups is 2. The fraction of sp³-hybridized carbons (Fsp3) is 0.279. The van der Waals surface area contributed by atoms with Crippen molar-refractivity contribution in [2.45, 2.75) is 113 Å². The summed E-state index contributed by atoms with van der Waals surface area (Å²) in [6.45, 7) is 18.1. The van der Waals surface area contributed by atoms with Crippen molar-refractivity contribution in [2.75, 3.05) is 10.6 Å². The highest BCUT2D eigenvalue weighted by atomic mass is 16.5. The van der Waals surface area contributed by atoms with Crippen LogP contribution in [0.4, 0.5) is 22.0 Å². The highest BCUT2D eigenvalue weighted by Crippen LogP contribution is 2.46. The summed E-state index contributed by atoms with van der Waals surface area (Å²) in [5.41, 5.74) is 28.6. The number of aliphatic imine (C=N–C) groups is 1. The third kappa shape index (κ3) is 9.46. The molecule has 75 heavy (non-hydrogen) atoms. The molecule has 382 valence electrons. The first kappa shape index (κ1) is 50.2. The molecule has 1 unspecified atom stereocenters. The van der Waals surface area contributed by atoms with Crippen LogP contribution >= 0.6 is 0 Å². The number of rotatable bonds is 14. The Morgan fingerprint density at radius 3 is 1.77 bits per heavy atom. The molecule has 2 amide bonds. The summed E-state index contributed by atoms with van der Waals surface area (Å²) in [6, 6.07) is 30.0. The van der Waals surface area contributed by atoms with Crippen molar-refractivity contribution in [3.8, 4) is 22.3 Å². The lowest BCUT2D eigenvalue weighted by atomic mass is 9.94. The topological polar surface area (TPSA) is 193 Å². The number of nitrogens with zero attached hydrogens (tertiary/aromatic N) is 5. The van der Waals surface area contributed by atoms with Crippen LogP contribution in [0.3, 0.4) is 0 Å². The van der Waals surface area contributed by atoms with Crippen LogP contribution < -0.4 is 21.7 Å². The zero-order valence-corrected chi connectivity index (χ0v) is 44.1. The van der Waals surface area contributed by atoms with Crippen molar-refractivity contribution in [1.29, 1.82) is 0 Å². The van der Waals surface area contributed by atoms with Crippen molar-refractivity contribution in [2.24, 2.45) is 10.7 Å². The number of carbonyl (C=O) groups excluding carboxylic acids is 2. The zero-order valence-electron chi connectivity index (χ0n) is 44.1. The van der Waals surface area contributed by atoms with Gasteiger partial charge in [0, 0.05) is 51.9 Å². The molecule has 3 aromatic carbocycles. The number of aromatic amines is 2. The number of para-hydroxylation sites is 2. The number of aromatic nitrogens is 6. The third-order valence-corrected chi connectivity index (χ3v) is 15.0. The molecule has 3 aliphatic heterocycles. The first-order valence-corrected chi connectivity index (χ1v) is 26.2. The quantitative estimate of drug-likeness (QED) is 0.0619. The summed E-state index contributed by atoms with van der Waals surface area (Å²) in [5, 5.41) is 9.40. The van der Waals surface area contributed by atoms with Gasteiger partial charge in [0.1, 0.15) is 18.5 Å². The molecule has 0 saturated heterocycles. The Balaban J connectivity index is 1.17. The number of aryl methyl sites for hydroxylation is 5. The van der Waals surface area contributed by atoms with Crippen molar-refractivity contribution < 1.29 is 14.3 Å². The van der Waals surface area contributed by atoms with E-state index in [4.69, 9.17) is 20.4 Å². The standard InChI is InChI=1S/C61H65N11O3/c1-9-39-34(5)54-52(43-23-16-18-25-45(43)66-51(73)27-20-28-72-33-65-58-59(62)63-32-64-60(58)72)55-35(6)40(10-2)48(68-55)30-50-42(12-4)37(8)57(70-50)53(56-36(7)41(11-3)49(69-56)29-47(39)67-54)44-24-17-19-26-46(44)71-61(74)75-31-38-21-14-13-15-22-38/h13-19,21-26,29-30,32-33,59,67,70H,9-12,20,27-28,31,62H2,1-8H3,(H,63,64)(H,66,73)(H,71,74). The number of nitrogens with two attached hydrogens (primary N) is 1. The largest absolute Gasteiger partial charge is 0.444 e. The van der Waals surface area contributed by atoms with E-state index < -0.39 is 12.3 Å². The molecule has 3 aliphatic rings. The second kappa shape index (κ2) is 21.2. The third-order valence-electron chi connectivity index (χ3n) is 15.0. The second-order valence-electron chi connectivity index (χ2n) is 19.4. The molecule has 14 nitrogen and oxygen atoms in total.